The standard InChI is InChI=1S/C19H22N2O3/c1-2-24-18(22)13-8-14-20-19(23)16-11-6-7-12-17(16)21-15-9-4-3-5-10-15/h3-7,9-12,21H,2,8,13-14H2,1H3,(H,20,23). The van der Waals surface area contributed by atoms with E-state index in [1.54, 1.807) is 13.0 Å². The van der Waals surface area contributed by atoms with E-state index in [4.69, 9.17) is 4.74 Å². The van der Waals surface area contributed by atoms with Gasteiger partial charge in [-0.1, -0.05) is 30.3 Å². The molecular formula is C19H22N2O3. The molecule has 0 fully saturated rings. The van der Waals surface area contributed by atoms with Gasteiger partial charge < -0.3 is 15.4 Å². The lowest BCUT2D eigenvalue weighted by molar-refractivity contribution is -0.143. The number of hydrogen-bond acceptors (Lipinski definition) is 4. The molecule has 0 spiro atoms. The third kappa shape index (κ3) is 5.43. The van der Waals surface area contributed by atoms with Crippen LogP contribution < -0.4 is 10.6 Å². The molecule has 0 saturated heterocycles. The minimum absolute atomic E-state index is 0.169. The molecule has 0 bridgehead atoms. The van der Waals surface area contributed by atoms with Gasteiger partial charge in [0, 0.05) is 18.7 Å². The van der Waals surface area contributed by atoms with Crippen LogP contribution in [0.4, 0.5) is 11.4 Å². The molecule has 0 radical (unpaired) electrons. The number of esters is 1. The second-order valence-corrected chi connectivity index (χ2v) is 5.20. The Morgan fingerprint density at radius 3 is 2.46 bits per heavy atom. The van der Waals surface area contributed by atoms with Gasteiger partial charge >= 0.3 is 5.97 Å². The highest BCUT2D eigenvalue weighted by atomic mass is 16.5. The number of hydrogen-bond donors (Lipinski definition) is 2. The Morgan fingerprint density at radius 2 is 1.71 bits per heavy atom. The fourth-order valence-corrected chi connectivity index (χ4v) is 2.23. The summed E-state index contributed by atoms with van der Waals surface area (Å²) in [5.74, 6) is -0.407. The Kier molecular flexibility index (Phi) is 6.83. The summed E-state index contributed by atoms with van der Waals surface area (Å²) in [5, 5.41) is 6.08. The summed E-state index contributed by atoms with van der Waals surface area (Å²) in [5.41, 5.74) is 2.23. The van der Waals surface area contributed by atoms with Crippen LogP contribution in [0.2, 0.25) is 0 Å². The highest BCUT2D eigenvalue weighted by Gasteiger charge is 2.11. The number of rotatable bonds is 8. The van der Waals surface area contributed by atoms with E-state index >= 15 is 0 Å². The van der Waals surface area contributed by atoms with Gasteiger partial charge in [-0.25, -0.2) is 0 Å². The second kappa shape index (κ2) is 9.35. The van der Waals surface area contributed by atoms with Gasteiger partial charge in [-0.3, -0.25) is 9.59 Å². The van der Waals surface area contributed by atoms with Crippen LogP contribution >= 0.6 is 0 Å². The van der Waals surface area contributed by atoms with Crippen LogP contribution in [0.5, 0.6) is 0 Å². The van der Waals surface area contributed by atoms with Crippen LogP contribution in [0, 0.1) is 0 Å². The first-order chi connectivity index (χ1) is 11.7. The number of carbonyl (C=O) groups is 2. The summed E-state index contributed by atoms with van der Waals surface area (Å²) in [6.07, 6.45) is 0.858. The summed E-state index contributed by atoms with van der Waals surface area (Å²) in [7, 11) is 0. The van der Waals surface area contributed by atoms with Gasteiger partial charge in [0.1, 0.15) is 0 Å². The van der Waals surface area contributed by atoms with Gasteiger partial charge in [-0.05, 0) is 37.6 Å². The van der Waals surface area contributed by atoms with E-state index in [0.29, 0.717) is 31.6 Å². The van der Waals surface area contributed by atoms with Gasteiger partial charge in [0.15, 0.2) is 0 Å². The van der Waals surface area contributed by atoms with E-state index in [9.17, 15) is 9.59 Å². The molecule has 0 unspecified atom stereocenters. The molecule has 2 aromatic rings. The number of para-hydroxylation sites is 2. The Bertz CT molecular complexity index is 671. The molecule has 126 valence electrons. The van der Waals surface area contributed by atoms with E-state index in [2.05, 4.69) is 10.6 Å². The Morgan fingerprint density at radius 1 is 1.00 bits per heavy atom. The van der Waals surface area contributed by atoms with E-state index < -0.39 is 0 Å². The van der Waals surface area contributed by atoms with Crippen molar-refractivity contribution >= 4 is 23.3 Å². The minimum atomic E-state index is -0.238. The summed E-state index contributed by atoms with van der Waals surface area (Å²) in [6, 6.07) is 17.0. The van der Waals surface area contributed by atoms with Crippen LogP contribution in [0.1, 0.15) is 30.1 Å². The average molecular weight is 326 g/mol. The summed E-state index contributed by atoms with van der Waals surface area (Å²) in [4.78, 5) is 23.6. The van der Waals surface area contributed by atoms with Crippen LogP contribution in [0.15, 0.2) is 54.6 Å². The lowest BCUT2D eigenvalue weighted by Crippen LogP contribution is -2.25. The smallest absolute Gasteiger partial charge is 0.305 e. The third-order valence-electron chi connectivity index (χ3n) is 3.37. The average Bonchev–Trinajstić information content (AvgIpc) is 2.60. The molecule has 5 nitrogen and oxygen atoms in total. The first-order valence-electron chi connectivity index (χ1n) is 8.05. The third-order valence-corrected chi connectivity index (χ3v) is 3.37. The number of benzene rings is 2. The summed E-state index contributed by atoms with van der Waals surface area (Å²) >= 11 is 0. The maximum Gasteiger partial charge on any atom is 0.305 e. The van der Waals surface area contributed by atoms with Crippen molar-refractivity contribution in [2.45, 2.75) is 19.8 Å². The first kappa shape index (κ1) is 17.5. The number of carbonyl (C=O) groups excluding carboxylic acids is 2. The Hall–Kier alpha value is -2.82. The molecule has 24 heavy (non-hydrogen) atoms. The molecule has 1 amide bonds. The number of anilines is 2. The van der Waals surface area contributed by atoms with Crippen molar-refractivity contribution in [2.24, 2.45) is 0 Å². The Labute approximate surface area is 142 Å². The SMILES string of the molecule is CCOC(=O)CCCNC(=O)c1ccccc1Nc1ccccc1. The van der Waals surface area contributed by atoms with Crippen molar-refractivity contribution < 1.29 is 14.3 Å². The van der Waals surface area contributed by atoms with Gasteiger partial charge in [0.25, 0.3) is 5.91 Å². The monoisotopic (exact) mass is 326 g/mol. The zero-order valence-corrected chi connectivity index (χ0v) is 13.7. The van der Waals surface area contributed by atoms with E-state index in [1.807, 2.05) is 48.5 Å². The predicted octanol–water partition coefficient (Wildman–Crippen LogP) is 3.50. The Balaban J connectivity index is 1.91. The van der Waals surface area contributed by atoms with Crippen LogP contribution in [-0.2, 0) is 9.53 Å². The molecule has 0 aliphatic heterocycles. The van der Waals surface area contributed by atoms with Gasteiger partial charge in [0.2, 0.25) is 0 Å². The molecule has 0 heterocycles. The lowest BCUT2D eigenvalue weighted by Gasteiger charge is -2.12. The summed E-state index contributed by atoms with van der Waals surface area (Å²) < 4.78 is 4.86. The molecule has 2 aromatic carbocycles. The fourth-order valence-electron chi connectivity index (χ4n) is 2.23. The van der Waals surface area contributed by atoms with Crippen LogP contribution in [0.25, 0.3) is 0 Å². The number of ether oxygens (including phenoxy) is 1. The molecule has 0 aliphatic carbocycles. The zero-order valence-electron chi connectivity index (χ0n) is 13.7. The van der Waals surface area contributed by atoms with E-state index in [1.165, 1.54) is 0 Å². The van der Waals surface area contributed by atoms with Crippen molar-refractivity contribution in [1.82, 2.24) is 5.32 Å². The number of amides is 1. The molecule has 0 aliphatic rings. The maximum atomic E-state index is 12.4. The summed E-state index contributed by atoms with van der Waals surface area (Å²) in [6.45, 7) is 2.58. The van der Waals surface area contributed by atoms with Crippen molar-refractivity contribution in [3.63, 3.8) is 0 Å². The van der Waals surface area contributed by atoms with Gasteiger partial charge in [-0.15, -0.1) is 0 Å². The lowest BCUT2D eigenvalue weighted by atomic mass is 10.1. The number of nitrogens with one attached hydrogen (secondary N) is 2. The molecule has 5 heteroatoms. The highest BCUT2D eigenvalue weighted by molar-refractivity contribution is 6.00. The van der Waals surface area contributed by atoms with Crippen LogP contribution in [-0.4, -0.2) is 25.0 Å². The first-order valence-corrected chi connectivity index (χ1v) is 8.05. The fraction of sp³-hybridized carbons (Fsp3) is 0.263. The zero-order chi connectivity index (χ0) is 17.2. The molecule has 2 rings (SSSR count). The molecular weight excluding hydrogens is 304 g/mol. The predicted molar refractivity (Wildman–Crippen MR) is 94.4 cm³/mol. The second-order valence-electron chi connectivity index (χ2n) is 5.20. The van der Waals surface area contributed by atoms with Crippen molar-refractivity contribution in [1.29, 1.82) is 0 Å². The van der Waals surface area contributed by atoms with Gasteiger partial charge in [0.05, 0.1) is 17.9 Å². The van der Waals surface area contributed by atoms with Crippen molar-refractivity contribution in [3.05, 3.63) is 60.2 Å². The molecule has 0 atom stereocenters. The normalized spacial score (nSPS) is 10.0. The van der Waals surface area contributed by atoms with Crippen LogP contribution in [0.3, 0.4) is 0 Å². The molecule has 0 saturated carbocycles. The quantitative estimate of drug-likeness (QED) is 0.575. The van der Waals surface area contributed by atoms with E-state index in [-0.39, 0.29) is 11.9 Å². The maximum absolute atomic E-state index is 12.4. The molecule has 0 aromatic heterocycles. The largest absolute Gasteiger partial charge is 0.466 e. The minimum Gasteiger partial charge on any atom is -0.466 e. The van der Waals surface area contributed by atoms with Crippen molar-refractivity contribution in [3.8, 4) is 0 Å². The topological polar surface area (TPSA) is 67.4 Å². The van der Waals surface area contributed by atoms with Crippen molar-refractivity contribution in [2.75, 3.05) is 18.5 Å². The highest BCUT2D eigenvalue weighted by Crippen LogP contribution is 2.20. The van der Waals surface area contributed by atoms with E-state index in [0.717, 1.165) is 11.4 Å². The van der Waals surface area contributed by atoms with Gasteiger partial charge in [-0.2, -0.15) is 0 Å². The molecule has 2 N–H and O–H groups in total.